The number of piperidine rings is 1. The van der Waals surface area contributed by atoms with Crippen molar-refractivity contribution in [2.75, 3.05) is 26.2 Å². The van der Waals surface area contributed by atoms with Crippen LogP contribution in [0.2, 0.25) is 0 Å². The third kappa shape index (κ3) is 4.45. The number of hydrogen-bond acceptors (Lipinski definition) is 4. The molecule has 4 nitrogen and oxygen atoms in total. The molecule has 1 aliphatic rings. The molecule has 1 N–H and O–H groups in total. The van der Waals surface area contributed by atoms with Crippen molar-refractivity contribution in [1.82, 2.24) is 4.90 Å². The maximum absolute atomic E-state index is 13.4. The minimum absolute atomic E-state index is 0.0179. The fraction of sp³-hybridized carbons (Fsp3) is 0.269. The molecule has 1 fully saturated rings. The zero-order valence-corrected chi connectivity index (χ0v) is 17.0. The Labute approximate surface area is 177 Å². The van der Waals surface area contributed by atoms with Gasteiger partial charge in [-0.3, -0.25) is 9.69 Å². The lowest BCUT2D eigenvalue weighted by molar-refractivity contribution is -0.0655. The standard InChI is InChI=1S/C26H27NO3/c28-25(21-10-4-1-5-11-21)24-20-27(18-19-30-23-14-8-3-9-15-23)17-16-26(24,29)22-12-6-2-7-13-22/h1-15,24,29H,16-20H2. The molecule has 4 heteroatoms. The molecule has 2 unspecified atom stereocenters. The third-order valence-electron chi connectivity index (χ3n) is 5.89. The highest BCUT2D eigenvalue weighted by molar-refractivity contribution is 5.99. The first-order valence-electron chi connectivity index (χ1n) is 10.4. The summed E-state index contributed by atoms with van der Waals surface area (Å²) in [6.45, 7) is 2.46. The van der Waals surface area contributed by atoms with Crippen molar-refractivity contribution in [3.63, 3.8) is 0 Å². The van der Waals surface area contributed by atoms with Gasteiger partial charge in [0.1, 0.15) is 18.0 Å². The van der Waals surface area contributed by atoms with Gasteiger partial charge in [0.25, 0.3) is 0 Å². The first-order valence-corrected chi connectivity index (χ1v) is 10.4. The van der Waals surface area contributed by atoms with E-state index in [2.05, 4.69) is 4.90 Å². The average Bonchev–Trinajstić information content (AvgIpc) is 2.81. The van der Waals surface area contributed by atoms with Crippen LogP contribution >= 0.6 is 0 Å². The second kappa shape index (κ2) is 9.24. The van der Waals surface area contributed by atoms with Gasteiger partial charge in [-0.2, -0.15) is 0 Å². The van der Waals surface area contributed by atoms with E-state index in [1.165, 1.54) is 0 Å². The second-order valence-electron chi connectivity index (χ2n) is 7.79. The maximum atomic E-state index is 13.4. The summed E-state index contributed by atoms with van der Waals surface area (Å²) in [6.07, 6.45) is 0.506. The minimum atomic E-state index is -1.18. The Hall–Kier alpha value is -2.95. The van der Waals surface area contributed by atoms with E-state index in [1.807, 2.05) is 91.0 Å². The number of para-hydroxylation sites is 1. The number of benzene rings is 3. The molecular formula is C26H27NO3. The van der Waals surface area contributed by atoms with E-state index in [0.717, 1.165) is 11.3 Å². The number of hydrogen-bond donors (Lipinski definition) is 1. The number of carbonyl (C=O) groups excluding carboxylic acids is 1. The molecule has 0 saturated carbocycles. The van der Waals surface area contributed by atoms with Crippen molar-refractivity contribution >= 4 is 5.78 Å². The van der Waals surface area contributed by atoms with Crippen LogP contribution in [0.25, 0.3) is 0 Å². The Kier molecular flexibility index (Phi) is 6.26. The average molecular weight is 402 g/mol. The third-order valence-corrected chi connectivity index (χ3v) is 5.89. The van der Waals surface area contributed by atoms with E-state index >= 15 is 0 Å². The molecule has 3 aromatic carbocycles. The van der Waals surface area contributed by atoms with Crippen LogP contribution in [0.15, 0.2) is 91.0 Å². The molecule has 0 bridgehead atoms. The van der Waals surface area contributed by atoms with E-state index < -0.39 is 11.5 Å². The van der Waals surface area contributed by atoms with E-state index in [-0.39, 0.29) is 5.78 Å². The van der Waals surface area contributed by atoms with Gasteiger partial charge in [0, 0.05) is 25.2 Å². The van der Waals surface area contributed by atoms with Crippen molar-refractivity contribution < 1.29 is 14.6 Å². The smallest absolute Gasteiger partial charge is 0.170 e. The van der Waals surface area contributed by atoms with Gasteiger partial charge in [0.15, 0.2) is 5.78 Å². The molecular weight excluding hydrogens is 374 g/mol. The Bertz CT molecular complexity index is 946. The van der Waals surface area contributed by atoms with Crippen LogP contribution in [0.5, 0.6) is 5.75 Å². The monoisotopic (exact) mass is 401 g/mol. The molecule has 1 saturated heterocycles. The summed E-state index contributed by atoms with van der Waals surface area (Å²) in [5.41, 5.74) is 0.268. The molecule has 0 spiro atoms. The van der Waals surface area contributed by atoms with Gasteiger partial charge < -0.3 is 9.84 Å². The summed E-state index contributed by atoms with van der Waals surface area (Å²) >= 11 is 0. The van der Waals surface area contributed by atoms with Crippen molar-refractivity contribution in [3.05, 3.63) is 102 Å². The highest BCUT2D eigenvalue weighted by Gasteiger charge is 2.46. The number of ether oxygens (including phenoxy) is 1. The van der Waals surface area contributed by atoms with Crippen LogP contribution in [-0.4, -0.2) is 42.0 Å². The van der Waals surface area contributed by atoms with E-state index in [4.69, 9.17) is 4.74 Å². The van der Waals surface area contributed by atoms with Gasteiger partial charge in [-0.05, 0) is 24.1 Å². The molecule has 0 amide bonds. The minimum Gasteiger partial charge on any atom is -0.492 e. The number of aliphatic hydroxyl groups is 1. The number of rotatable bonds is 7. The fourth-order valence-corrected chi connectivity index (χ4v) is 4.19. The summed E-state index contributed by atoms with van der Waals surface area (Å²) in [6, 6.07) is 28.6. The van der Waals surface area contributed by atoms with Crippen molar-refractivity contribution in [2.24, 2.45) is 5.92 Å². The van der Waals surface area contributed by atoms with Crippen molar-refractivity contribution in [3.8, 4) is 5.75 Å². The Morgan fingerprint density at radius 1 is 0.933 bits per heavy atom. The Morgan fingerprint density at radius 3 is 2.20 bits per heavy atom. The van der Waals surface area contributed by atoms with Crippen LogP contribution in [0.3, 0.4) is 0 Å². The molecule has 0 aromatic heterocycles. The molecule has 30 heavy (non-hydrogen) atoms. The summed E-state index contributed by atoms with van der Waals surface area (Å²) in [5.74, 6) is 0.288. The molecule has 0 aliphatic carbocycles. The number of carbonyl (C=O) groups is 1. The Balaban J connectivity index is 1.51. The molecule has 3 aromatic rings. The lowest BCUT2D eigenvalue weighted by Gasteiger charge is -2.44. The van der Waals surface area contributed by atoms with Crippen LogP contribution in [0.1, 0.15) is 22.3 Å². The predicted molar refractivity (Wildman–Crippen MR) is 118 cm³/mol. The second-order valence-corrected chi connectivity index (χ2v) is 7.79. The largest absolute Gasteiger partial charge is 0.492 e. The number of ketones is 1. The molecule has 0 radical (unpaired) electrons. The van der Waals surface area contributed by atoms with Gasteiger partial charge in [-0.25, -0.2) is 0 Å². The molecule has 1 heterocycles. The van der Waals surface area contributed by atoms with Gasteiger partial charge in [0.05, 0.1) is 5.92 Å². The SMILES string of the molecule is O=C(c1ccccc1)C1CN(CCOc2ccccc2)CCC1(O)c1ccccc1. The molecule has 154 valence electrons. The molecule has 2 atom stereocenters. The van der Waals surface area contributed by atoms with Gasteiger partial charge in [0.2, 0.25) is 0 Å². The normalized spacial score (nSPS) is 21.8. The number of Topliss-reactive ketones (excluding diaryl/α,β-unsaturated/α-hetero) is 1. The summed E-state index contributed by atoms with van der Waals surface area (Å²) in [4.78, 5) is 15.6. The number of likely N-dealkylation sites (tertiary alicyclic amines) is 1. The van der Waals surface area contributed by atoms with Crippen molar-refractivity contribution in [1.29, 1.82) is 0 Å². The van der Waals surface area contributed by atoms with Crippen molar-refractivity contribution in [2.45, 2.75) is 12.0 Å². The summed E-state index contributed by atoms with van der Waals surface area (Å²) < 4.78 is 5.84. The first kappa shape index (κ1) is 20.3. The highest BCUT2D eigenvalue weighted by atomic mass is 16.5. The van der Waals surface area contributed by atoms with E-state index in [1.54, 1.807) is 0 Å². The van der Waals surface area contributed by atoms with E-state index in [0.29, 0.717) is 38.2 Å². The first-order chi connectivity index (χ1) is 14.7. The summed E-state index contributed by atoms with van der Waals surface area (Å²) in [5, 5.41) is 11.7. The Morgan fingerprint density at radius 2 is 1.53 bits per heavy atom. The topological polar surface area (TPSA) is 49.8 Å². The van der Waals surface area contributed by atoms with Gasteiger partial charge >= 0.3 is 0 Å². The fourth-order valence-electron chi connectivity index (χ4n) is 4.19. The van der Waals surface area contributed by atoms with Crippen LogP contribution in [0, 0.1) is 5.92 Å². The maximum Gasteiger partial charge on any atom is 0.170 e. The highest BCUT2D eigenvalue weighted by Crippen LogP contribution is 2.39. The van der Waals surface area contributed by atoms with Crippen LogP contribution < -0.4 is 4.74 Å². The lowest BCUT2D eigenvalue weighted by Crippen LogP contribution is -2.53. The van der Waals surface area contributed by atoms with Gasteiger partial charge in [-0.15, -0.1) is 0 Å². The predicted octanol–water partition coefficient (Wildman–Crippen LogP) is 4.16. The van der Waals surface area contributed by atoms with Crippen LogP contribution in [0.4, 0.5) is 0 Å². The lowest BCUT2D eigenvalue weighted by atomic mass is 9.72. The quantitative estimate of drug-likeness (QED) is 0.604. The molecule has 4 rings (SSSR count). The van der Waals surface area contributed by atoms with Crippen LogP contribution in [-0.2, 0) is 5.60 Å². The number of nitrogens with zero attached hydrogens (tertiary/aromatic N) is 1. The van der Waals surface area contributed by atoms with Gasteiger partial charge in [-0.1, -0.05) is 78.9 Å². The summed E-state index contributed by atoms with van der Waals surface area (Å²) in [7, 11) is 0. The van der Waals surface area contributed by atoms with E-state index in [9.17, 15) is 9.90 Å². The molecule has 1 aliphatic heterocycles. The zero-order valence-electron chi connectivity index (χ0n) is 17.0. The zero-order chi connectivity index (χ0) is 20.8.